The molecule has 1 aliphatic heterocycles. The van der Waals surface area contributed by atoms with E-state index in [-0.39, 0.29) is 23.3 Å². The number of sulfone groups is 1. The van der Waals surface area contributed by atoms with Crippen LogP contribution >= 0.6 is 0 Å². The lowest BCUT2D eigenvalue weighted by molar-refractivity contribution is -0.102. The van der Waals surface area contributed by atoms with Crippen LogP contribution in [0.1, 0.15) is 26.2 Å². The SMILES string of the molecule is CCC(C(O)O)C1CCS(=O)(=O)CC1. The van der Waals surface area contributed by atoms with Crippen LogP contribution in [0.4, 0.5) is 0 Å². The smallest absolute Gasteiger partial charge is 0.154 e. The van der Waals surface area contributed by atoms with Crippen molar-refractivity contribution in [1.29, 1.82) is 0 Å². The van der Waals surface area contributed by atoms with Gasteiger partial charge in [0.25, 0.3) is 0 Å². The van der Waals surface area contributed by atoms with E-state index in [0.29, 0.717) is 19.3 Å². The van der Waals surface area contributed by atoms with Crippen molar-refractivity contribution < 1.29 is 18.6 Å². The lowest BCUT2D eigenvalue weighted by atomic mass is 9.85. The number of aliphatic hydroxyl groups is 2. The molecule has 5 heteroatoms. The summed E-state index contributed by atoms with van der Waals surface area (Å²) >= 11 is 0. The Morgan fingerprint density at radius 2 is 1.79 bits per heavy atom. The minimum Gasteiger partial charge on any atom is -0.368 e. The van der Waals surface area contributed by atoms with E-state index in [1.807, 2.05) is 6.92 Å². The lowest BCUT2D eigenvalue weighted by Gasteiger charge is -2.30. The van der Waals surface area contributed by atoms with E-state index in [1.54, 1.807) is 0 Å². The Morgan fingerprint density at radius 1 is 1.29 bits per heavy atom. The van der Waals surface area contributed by atoms with Gasteiger partial charge < -0.3 is 10.2 Å². The van der Waals surface area contributed by atoms with E-state index in [4.69, 9.17) is 10.2 Å². The Labute approximate surface area is 84.9 Å². The van der Waals surface area contributed by atoms with Gasteiger partial charge in [-0.2, -0.15) is 0 Å². The first-order valence-electron chi connectivity index (χ1n) is 5.03. The normalized spacial score (nSPS) is 25.1. The number of aliphatic hydroxyl groups excluding tert-OH is 1. The highest BCUT2D eigenvalue weighted by Crippen LogP contribution is 2.29. The van der Waals surface area contributed by atoms with Crippen LogP contribution in [0.5, 0.6) is 0 Å². The standard InChI is InChI=1S/C9H18O4S/c1-2-8(9(10)11)7-3-5-14(12,13)6-4-7/h7-11H,2-6H2,1H3. The molecule has 84 valence electrons. The van der Waals surface area contributed by atoms with Crippen molar-refractivity contribution in [3.8, 4) is 0 Å². The van der Waals surface area contributed by atoms with Crippen LogP contribution in [0.25, 0.3) is 0 Å². The second-order valence-corrected chi connectivity index (χ2v) is 6.28. The van der Waals surface area contributed by atoms with Crippen LogP contribution in [0.3, 0.4) is 0 Å². The molecular weight excluding hydrogens is 204 g/mol. The average Bonchev–Trinajstić information content (AvgIpc) is 2.08. The fourth-order valence-corrected chi connectivity index (χ4v) is 3.65. The summed E-state index contributed by atoms with van der Waals surface area (Å²) in [5, 5.41) is 18.2. The zero-order valence-corrected chi connectivity index (χ0v) is 9.20. The minimum atomic E-state index is -2.85. The fourth-order valence-electron chi connectivity index (χ4n) is 2.12. The summed E-state index contributed by atoms with van der Waals surface area (Å²) in [5.41, 5.74) is 0. The molecule has 1 atom stereocenters. The molecule has 0 saturated carbocycles. The van der Waals surface area contributed by atoms with E-state index >= 15 is 0 Å². The maximum Gasteiger partial charge on any atom is 0.154 e. The highest BCUT2D eigenvalue weighted by Gasteiger charge is 2.31. The number of rotatable bonds is 3. The lowest BCUT2D eigenvalue weighted by Crippen LogP contribution is -2.33. The Hall–Kier alpha value is -0.130. The third-order valence-electron chi connectivity index (χ3n) is 3.06. The summed E-state index contributed by atoms with van der Waals surface area (Å²) in [6.07, 6.45) is 0.505. The van der Waals surface area contributed by atoms with Crippen LogP contribution < -0.4 is 0 Å². The number of hydrogen-bond donors (Lipinski definition) is 2. The Morgan fingerprint density at radius 3 is 2.14 bits per heavy atom. The number of hydrogen-bond acceptors (Lipinski definition) is 4. The zero-order valence-electron chi connectivity index (χ0n) is 8.39. The molecule has 1 rings (SSSR count). The molecule has 0 aromatic heterocycles. The molecule has 0 spiro atoms. The van der Waals surface area contributed by atoms with Gasteiger partial charge in [0.05, 0.1) is 11.5 Å². The van der Waals surface area contributed by atoms with Crippen LogP contribution in [0.2, 0.25) is 0 Å². The summed E-state index contributed by atoms with van der Waals surface area (Å²) in [6.45, 7) is 1.90. The van der Waals surface area contributed by atoms with Crippen molar-refractivity contribution in [1.82, 2.24) is 0 Å². The van der Waals surface area contributed by atoms with E-state index < -0.39 is 16.1 Å². The van der Waals surface area contributed by atoms with Gasteiger partial charge in [0, 0.05) is 5.92 Å². The van der Waals surface area contributed by atoms with Crippen molar-refractivity contribution in [2.45, 2.75) is 32.5 Å². The molecule has 2 N–H and O–H groups in total. The highest BCUT2D eigenvalue weighted by atomic mass is 32.2. The molecular formula is C9H18O4S. The van der Waals surface area contributed by atoms with Gasteiger partial charge in [-0.1, -0.05) is 6.92 Å². The van der Waals surface area contributed by atoms with Gasteiger partial charge in [-0.05, 0) is 25.2 Å². The van der Waals surface area contributed by atoms with E-state index in [2.05, 4.69) is 0 Å². The second-order valence-electron chi connectivity index (χ2n) is 3.97. The summed E-state index contributed by atoms with van der Waals surface area (Å²) < 4.78 is 22.3. The van der Waals surface area contributed by atoms with Gasteiger partial charge in [0.1, 0.15) is 9.84 Å². The molecule has 0 radical (unpaired) electrons. The molecule has 1 heterocycles. The highest BCUT2D eigenvalue weighted by molar-refractivity contribution is 7.91. The first-order valence-corrected chi connectivity index (χ1v) is 6.85. The van der Waals surface area contributed by atoms with Gasteiger partial charge in [0.2, 0.25) is 0 Å². The van der Waals surface area contributed by atoms with Crippen molar-refractivity contribution in [2.75, 3.05) is 11.5 Å². The van der Waals surface area contributed by atoms with Gasteiger partial charge in [-0.15, -0.1) is 0 Å². The largest absolute Gasteiger partial charge is 0.368 e. The molecule has 0 aromatic carbocycles. The third-order valence-corrected chi connectivity index (χ3v) is 4.77. The topological polar surface area (TPSA) is 74.6 Å². The van der Waals surface area contributed by atoms with Crippen molar-refractivity contribution in [3.63, 3.8) is 0 Å². The van der Waals surface area contributed by atoms with E-state index in [1.165, 1.54) is 0 Å². The van der Waals surface area contributed by atoms with Crippen molar-refractivity contribution in [2.24, 2.45) is 11.8 Å². The molecule has 1 aliphatic rings. The molecule has 14 heavy (non-hydrogen) atoms. The molecule has 0 bridgehead atoms. The third kappa shape index (κ3) is 2.93. The van der Waals surface area contributed by atoms with E-state index in [0.717, 1.165) is 0 Å². The summed E-state index contributed by atoms with van der Waals surface area (Å²) in [7, 11) is -2.85. The second kappa shape index (κ2) is 4.59. The predicted octanol–water partition coefficient (Wildman–Crippen LogP) is 0.148. The molecule has 1 saturated heterocycles. The molecule has 1 fully saturated rings. The fraction of sp³-hybridized carbons (Fsp3) is 1.00. The van der Waals surface area contributed by atoms with Crippen LogP contribution in [-0.2, 0) is 9.84 Å². The molecule has 0 aromatic rings. The Balaban J connectivity index is 2.56. The monoisotopic (exact) mass is 222 g/mol. The maximum absolute atomic E-state index is 11.2. The Bertz CT molecular complexity index is 257. The van der Waals surface area contributed by atoms with Crippen LogP contribution in [0.15, 0.2) is 0 Å². The van der Waals surface area contributed by atoms with Gasteiger partial charge in [0.15, 0.2) is 6.29 Å². The summed E-state index contributed by atoms with van der Waals surface area (Å²) in [5.74, 6) is 0.357. The average molecular weight is 222 g/mol. The van der Waals surface area contributed by atoms with Crippen molar-refractivity contribution >= 4 is 9.84 Å². The predicted molar refractivity (Wildman–Crippen MR) is 53.4 cm³/mol. The first kappa shape index (κ1) is 11.9. The van der Waals surface area contributed by atoms with Crippen molar-refractivity contribution in [3.05, 3.63) is 0 Å². The molecule has 1 unspecified atom stereocenters. The van der Waals surface area contributed by atoms with Crippen LogP contribution in [-0.4, -0.2) is 36.4 Å². The van der Waals surface area contributed by atoms with Crippen LogP contribution in [0, 0.1) is 11.8 Å². The van der Waals surface area contributed by atoms with Gasteiger partial charge >= 0.3 is 0 Å². The zero-order chi connectivity index (χ0) is 10.8. The van der Waals surface area contributed by atoms with Gasteiger partial charge in [-0.25, -0.2) is 8.42 Å². The molecule has 0 aliphatic carbocycles. The quantitative estimate of drug-likeness (QED) is 0.666. The van der Waals surface area contributed by atoms with E-state index in [9.17, 15) is 8.42 Å². The Kier molecular flexibility index (Phi) is 3.92. The first-order chi connectivity index (χ1) is 6.46. The minimum absolute atomic E-state index is 0.142. The summed E-state index contributed by atoms with van der Waals surface area (Å²) in [6, 6.07) is 0. The van der Waals surface area contributed by atoms with Gasteiger partial charge in [-0.3, -0.25) is 0 Å². The molecule has 0 amide bonds. The maximum atomic E-state index is 11.2. The molecule has 4 nitrogen and oxygen atoms in total. The summed E-state index contributed by atoms with van der Waals surface area (Å²) in [4.78, 5) is 0.